The molecule has 2 rings (SSSR count). The van der Waals surface area contributed by atoms with Gasteiger partial charge in [-0.2, -0.15) is 0 Å². The lowest BCUT2D eigenvalue weighted by atomic mass is 9.99. The molecule has 0 amide bonds. The molecule has 1 aromatic carbocycles. The zero-order chi connectivity index (χ0) is 13.1. The van der Waals surface area contributed by atoms with Gasteiger partial charge in [-0.15, -0.1) is 0 Å². The molecule has 0 atom stereocenters. The van der Waals surface area contributed by atoms with Crippen LogP contribution in [0.2, 0.25) is 5.02 Å². The quantitative estimate of drug-likeness (QED) is 0.850. The van der Waals surface area contributed by atoms with Crippen LogP contribution in [0.4, 0.5) is 0 Å². The van der Waals surface area contributed by atoms with Crippen molar-refractivity contribution in [3.63, 3.8) is 0 Å². The van der Waals surface area contributed by atoms with Crippen molar-refractivity contribution in [2.45, 2.75) is 13.3 Å². The number of benzene rings is 1. The normalized spacial score (nSPS) is 13.5. The van der Waals surface area contributed by atoms with Gasteiger partial charge in [0.2, 0.25) is 0 Å². The molecule has 0 spiro atoms. The first-order chi connectivity index (χ1) is 8.69. The van der Waals surface area contributed by atoms with Gasteiger partial charge in [-0.1, -0.05) is 18.5 Å². The molecule has 0 saturated carbocycles. The van der Waals surface area contributed by atoms with E-state index in [2.05, 4.69) is 5.32 Å². The van der Waals surface area contributed by atoms with Crippen LogP contribution in [-0.4, -0.2) is 32.6 Å². The van der Waals surface area contributed by atoms with Gasteiger partial charge in [0.15, 0.2) is 17.3 Å². The molecule has 98 valence electrons. The molecule has 1 N–H and O–H groups in total. The van der Waals surface area contributed by atoms with Crippen LogP contribution in [-0.2, 0) is 6.42 Å². The minimum absolute atomic E-state index is 0.0312. The van der Waals surface area contributed by atoms with Gasteiger partial charge < -0.3 is 14.8 Å². The van der Waals surface area contributed by atoms with Gasteiger partial charge in [0.25, 0.3) is 0 Å². The summed E-state index contributed by atoms with van der Waals surface area (Å²) in [5.41, 5.74) is 1.37. The van der Waals surface area contributed by atoms with Gasteiger partial charge in [-0.05, 0) is 13.5 Å². The van der Waals surface area contributed by atoms with E-state index in [-0.39, 0.29) is 12.3 Å². The number of carbonyl (C=O) groups excluding carboxylic acids is 1. The molecule has 0 saturated heterocycles. The Hall–Kier alpha value is -1.26. The average Bonchev–Trinajstić information content (AvgIpc) is 2.37. The van der Waals surface area contributed by atoms with E-state index in [0.717, 1.165) is 5.56 Å². The number of Topliss-reactive ketones (excluding diaryl/α,β-unsaturated/α-hetero) is 1. The summed E-state index contributed by atoms with van der Waals surface area (Å²) in [6, 6.07) is 1.66. The zero-order valence-corrected chi connectivity index (χ0v) is 11.3. The van der Waals surface area contributed by atoms with Crippen molar-refractivity contribution in [1.82, 2.24) is 5.32 Å². The van der Waals surface area contributed by atoms with Crippen molar-refractivity contribution in [3.8, 4) is 11.5 Å². The largest absolute Gasteiger partial charge is 0.486 e. The third kappa shape index (κ3) is 2.31. The maximum absolute atomic E-state index is 12.1. The lowest BCUT2D eigenvalue weighted by Crippen LogP contribution is -2.22. The summed E-state index contributed by atoms with van der Waals surface area (Å²) >= 11 is 6.19. The van der Waals surface area contributed by atoms with Crippen molar-refractivity contribution in [3.05, 3.63) is 22.2 Å². The van der Waals surface area contributed by atoms with Crippen LogP contribution in [0.25, 0.3) is 0 Å². The molecule has 1 aromatic rings. The van der Waals surface area contributed by atoms with Gasteiger partial charge in [0.1, 0.15) is 13.2 Å². The molecule has 0 radical (unpaired) electrons. The van der Waals surface area contributed by atoms with Crippen LogP contribution < -0.4 is 14.8 Å². The Kier molecular flexibility index (Phi) is 4.09. The van der Waals surface area contributed by atoms with Crippen molar-refractivity contribution < 1.29 is 14.3 Å². The van der Waals surface area contributed by atoms with E-state index >= 15 is 0 Å². The SMILES string of the molecule is CCc1c2c(cc(Cl)c1C(=O)CNC)OCCO2. The molecule has 0 aliphatic carbocycles. The first kappa shape index (κ1) is 13.2. The van der Waals surface area contributed by atoms with Gasteiger partial charge in [0.05, 0.1) is 11.6 Å². The summed E-state index contributed by atoms with van der Waals surface area (Å²) in [5.74, 6) is 1.26. The topological polar surface area (TPSA) is 47.6 Å². The first-order valence-electron chi connectivity index (χ1n) is 5.97. The Morgan fingerprint density at radius 2 is 2.17 bits per heavy atom. The van der Waals surface area contributed by atoms with E-state index in [4.69, 9.17) is 21.1 Å². The fraction of sp³-hybridized carbons (Fsp3) is 0.462. The minimum atomic E-state index is -0.0312. The summed E-state index contributed by atoms with van der Waals surface area (Å²) in [6.45, 7) is 3.24. The highest BCUT2D eigenvalue weighted by atomic mass is 35.5. The number of likely N-dealkylation sites (N-methyl/N-ethyl adjacent to an activating group) is 1. The smallest absolute Gasteiger partial charge is 0.178 e. The van der Waals surface area contributed by atoms with Crippen LogP contribution in [0.15, 0.2) is 6.07 Å². The fourth-order valence-electron chi connectivity index (χ4n) is 2.11. The Bertz CT molecular complexity index is 474. The molecular weight excluding hydrogens is 254 g/mol. The van der Waals surface area contributed by atoms with Crippen LogP contribution in [0.1, 0.15) is 22.8 Å². The standard InChI is InChI=1S/C13H16ClNO3/c1-3-8-12(10(16)7-15-2)9(14)6-11-13(8)18-5-4-17-11/h6,15H,3-5,7H2,1-2H3. The Labute approximate surface area is 111 Å². The maximum Gasteiger partial charge on any atom is 0.178 e. The van der Waals surface area contributed by atoms with E-state index in [9.17, 15) is 4.79 Å². The summed E-state index contributed by atoms with van der Waals surface area (Å²) in [5, 5.41) is 3.27. The summed E-state index contributed by atoms with van der Waals surface area (Å²) in [4.78, 5) is 12.1. The second-order valence-electron chi connectivity index (χ2n) is 4.04. The summed E-state index contributed by atoms with van der Waals surface area (Å²) in [7, 11) is 1.73. The third-order valence-electron chi connectivity index (χ3n) is 2.85. The van der Waals surface area contributed by atoms with E-state index < -0.39 is 0 Å². The van der Waals surface area contributed by atoms with Crippen molar-refractivity contribution >= 4 is 17.4 Å². The molecule has 1 aliphatic heterocycles. The van der Waals surface area contributed by atoms with E-state index in [1.165, 1.54) is 0 Å². The maximum atomic E-state index is 12.1. The third-order valence-corrected chi connectivity index (χ3v) is 3.15. The molecule has 1 aliphatic rings. The molecule has 0 aromatic heterocycles. The van der Waals surface area contributed by atoms with Crippen molar-refractivity contribution in [2.24, 2.45) is 0 Å². The first-order valence-corrected chi connectivity index (χ1v) is 6.35. The zero-order valence-electron chi connectivity index (χ0n) is 10.5. The minimum Gasteiger partial charge on any atom is -0.486 e. The Balaban J connectivity index is 2.54. The molecule has 4 nitrogen and oxygen atoms in total. The van der Waals surface area contributed by atoms with Crippen molar-refractivity contribution in [1.29, 1.82) is 0 Å². The molecule has 1 heterocycles. The van der Waals surface area contributed by atoms with Crippen LogP contribution in [0.3, 0.4) is 0 Å². The predicted octanol–water partition coefficient (Wildman–Crippen LogP) is 2.08. The predicted molar refractivity (Wildman–Crippen MR) is 70.1 cm³/mol. The van der Waals surface area contributed by atoms with E-state index in [1.807, 2.05) is 6.92 Å². The second-order valence-corrected chi connectivity index (χ2v) is 4.45. The number of hydrogen-bond donors (Lipinski definition) is 1. The molecular formula is C13H16ClNO3. The van der Waals surface area contributed by atoms with E-state index in [0.29, 0.717) is 41.7 Å². The van der Waals surface area contributed by atoms with E-state index in [1.54, 1.807) is 13.1 Å². The average molecular weight is 270 g/mol. The molecule has 0 bridgehead atoms. The molecule has 0 unspecified atom stereocenters. The number of rotatable bonds is 4. The second kappa shape index (κ2) is 5.59. The van der Waals surface area contributed by atoms with Crippen LogP contribution in [0.5, 0.6) is 11.5 Å². The van der Waals surface area contributed by atoms with Gasteiger partial charge >= 0.3 is 0 Å². The number of fused-ring (bicyclic) bond motifs is 1. The summed E-state index contributed by atoms with van der Waals surface area (Å²) < 4.78 is 11.1. The number of nitrogens with one attached hydrogen (secondary N) is 1. The number of ketones is 1. The summed E-state index contributed by atoms with van der Waals surface area (Å²) in [6.07, 6.45) is 0.678. The highest BCUT2D eigenvalue weighted by Crippen LogP contribution is 2.40. The number of hydrogen-bond acceptors (Lipinski definition) is 4. The lowest BCUT2D eigenvalue weighted by molar-refractivity contribution is 0.0991. The highest BCUT2D eigenvalue weighted by Gasteiger charge is 2.24. The number of ether oxygens (including phenoxy) is 2. The number of carbonyl (C=O) groups is 1. The molecule has 0 fully saturated rings. The Morgan fingerprint density at radius 1 is 1.44 bits per heavy atom. The van der Waals surface area contributed by atoms with Crippen LogP contribution in [0, 0.1) is 0 Å². The molecule has 5 heteroatoms. The van der Waals surface area contributed by atoms with Gasteiger partial charge in [0, 0.05) is 17.2 Å². The fourth-order valence-corrected chi connectivity index (χ4v) is 2.43. The van der Waals surface area contributed by atoms with Gasteiger partial charge in [-0.25, -0.2) is 0 Å². The van der Waals surface area contributed by atoms with Gasteiger partial charge in [-0.3, -0.25) is 4.79 Å². The highest BCUT2D eigenvalue weighted by molar-refractivity contribution is 6.34. The number of halogens is 1. The Morgan fingerprint density at radius 3 is 2.83 bits per heavy atom. The molecule has 18 heavy (non-hydrogen) atoms. The lowest BCUT2D eigenvalue weighted by Gasteiger charge is -2.23. The van der Waals surface area contributed by atoms with Crippen LogP contribution >= 0.6 is 11.6 Å². The monoisotopic (exact) mass is 269 g/mol. The van der Waals surface area contributed by atoms with Crippen molar-refractivity contribution in [2.75, 3.05) is 26.8 Å².